The van der Waals surface area contributed by atoms with E-state index in [1.807, 2.05) is 32.9 Å². The van der Waals surface area contributed by atoms with E-state index < -0.39 is 5.60 Å². The van der Waals surface area contributed by atoms with Gasteiger partial charge in [0.15, 0.2) is 0 Å². The van der Waals surface area contributed by atoms with E-state index >= 15 is 0 Å². The SMILES string of the molecule is C[C@H](NCc1ccco1)C(=O)OC(C)(C)C. The number of furan rings is 1. The van der Waals surface area contributed by atoms with Gasteiger partial charge in [0.05, 0.1) is 12.8 Å². The molecule has 0 saturated carbocycles. The average molecular weight is 225 g/mol. The molecule has 4 heteroatoms. The summed E-state index contributed by atoms with van der Waals surface area (Å²) < 4.78 is 10.4. The van der Waals surface area contributed by atoms with E-state index in [9.17, 15) is 4.79 Å². The predicted octanol–water partition coefficient (Wildman–Crippen LogP) is 2.10. The summed E-state index contributed by atoms with van der Waals surface area (Å²) in [5.74, 6) is 0.550. The van der Waals surface area contributed by atoms with E-state index in [2.05, 4.69) is 5.32 Å². The Kier molecular flexibility index (Phi) is 4.12. The first-order chi connectivity index (χ1) is 7.38. The van der Waals surface area contributed by atoms with Crippen LogP contribution in [-0.2, 0) is 16.1 Å². The van der Waals surface area contributed by atoms with Gasteiger partial charge in [-0.3, -0.25) is 10.1 Å². The Hall–Kier alpha value is -1.29. The number of hydrogen-bond acceptors (Lipinski definition) is 4. The minimum atomic E-state index is -0.447. The molecule has 1 atom stereocenters. The van der Waals surface area contributed by atoms with Crippen molar-refractivity contribution in [3.63, 3.8) is 0 Å². The summed E-state index contributed by atoms with van der Waals surface area (Å²) in [6.45, 7) is 7.85. The summed E-state index contributed by atoms with van der Waals surface area (Å²) in [4.78, 5) is 11.6. The molecule has 0 saturated heterocycles. The van der Waals surface area contributed by atoms with Crippen molar-refractivity contribution >= 4 is 5.97 Å². The molecule has 0 amide bonds. The minimum Gasteiger partial charge on any atom is -0.468 e. The quantitative estimate of drug-likeness (QED) is 0.797. The minimum absolute atomic E-state index is 0.251. The molecule has 1 aromatic rings. The first kappa shape index (κ1) is 12.8. The zero-order chi connectivity index (χ0) is 12.2. The first-order valence-electron chi connectivity index (χ1n) is 5.37. The third kappa shape index (κ3) is 4.49. The summed E-state index contributed by atoms with van der Waals surface area (Å²) in [6, 6.07) is 3.33. The maximum absolute atomic E-state index is 11.6. The Morgan fingerprint density at radius 3 is 2.75 bits per heavy atom. The van der Waals surface area contributed by atoms with Crippen LogP contribution in [0.2, 0.25) is 0 Å². The predicted molar refractivity (Wildman–Crippen MR) is 60.9 cm³/mol. The molecule has 0 unspecified atom stereocenters. The van der Waals surface area contributed by atoms with E-state index in [4.69, 9.17) is 9.15 Å². The summed E-state index contributed by atoms with van der Waals surface area (Å²) in [6.07, 6.45) is 1.61. The Bertz CT molecular complexity index is 325. The molecule has 1 aromatic heterocycles. The van der Waals surface area contributed by atoms with Gasteiger partial charge in [-0.1, -0.05) is 0 Å². The second-order valence-corrected chi connectivity index (χ2v) is 4.72. The third-order valence-corrected chi connectivity index (χ3v) is 1.92. The van der Waals surface area contributed by atoms with E-state index in [0.717, 1.165) is 5.76 Å². The topological polar surface area (TPSA) is 51.5 Å². The van der Waals surface area contributed by atoms with Gasteiger partial charge in [0, 0.05) is 0 Å². The molecule has 1 rings (SSSR count). The number of hydrogen-bond donors (Lipinski definition) is 1. The largest absolute Gasteiger partial charge is 0.468 e. The molecular weight excluding hydrogens is 206 g/mol. The summed E-state index contributed by atoms with van der Waals surface area (Å²) in [5.41, 5.74) is -0.447. The molecule has 0 fully saturated rings. The maximum atomic E-state index is 11.6. The summed E-state index contributed by atoms with van der Waals surface area (Å²) >= 11 is 0. The van der Waals surface area contributed by atoms with Crippen molar-refractivity contribution in [1.29, 1.82) is 0 Å². The average Bonchev–Trinajstić information content (AvgIpc) is 2.63. The highest BCUT2D eigenvalue weighted by Gasteiger charge is 2.21. The van der Waals surface area contributed by atoms with E-state index in [-0.39, 0.29) is 12.0 Å². The van der Waals surface area contributed by atoms with Crippen LogP contribution in [0, 0.1) is 0 Å². The zero-order valence-electron chi connectivity index (χ0n) is 10.2. The Morgan fingerprint density at radius 2 is 2.25 bits per heavy atom. The van der Waals surface area contributed by atoms with Crippen LogP contribution in [0.3, 0.4) is 0 Å². The number of carbonyl (C=O) groups excluding carboxylic acids is 1. The number of carbonyl (C=O) groups is 1. The fraction of sp³-hybridized carbons (Fsp3) is 0.583. The molecule has 0 aliphatic heterocycles. The Labute approximate surface area is 96.0 Å². The van der Waals surface area contributed by atoms with Crippen LogP contribution in [0.25, 0.3) is 0 Å². The van der Waals surface area contributed by atoms with Crippen molar-refractivity contribution < 1.29 is 13.9 Å². The molecule has 4 nitrogen and oxygen atoms in total. The van der Waals surface area contributed by atoms with E-state index in [1.54, 1.807) is 13.2 Å². The van der Waals surface area contributed by atoms with Crippen molar-refractivity contribution in [2.45, 2.75) is 45.9 Å². The van der Waals surface area contributed by atoms with Gasteiger partial charge in [-0.25, -0.2) is 0 Å². The lowest BCUT2D eigenvalue weighted by Crippen LogP contribution is -2.38. The monoisotopic (exact) mass is 225 g/mol. The van der Waals surface area contributed by atoms with E-state index in [0.29, 0.717) is 6.54 Å². The molecule has 0 aliphatic carbocycles. The van der Waals surface area contributed by atoms with Gasteiger partial charge in [0.2, 0.25) is 0 Å². The van der Waals surface area contributed by atoms with Crippen LogP contribution in [0.4, 0.5) is 0 Å². The third-order valence-electron chi connectivity index (χ3n) is 1.92. The normalized spacial score (nSPS) is 13.5. The van der Waals surface area contributed by atoms with Crippen molar-refractivity contribution in [2.75, 3.05) is 0 Å². The zero-order valence-corrected chi connectivity index (χ0v) is 10.2. The van der Waals surface area contributed by atoms with Crippen LogP contribution >= 0.6 is 0 Å². The molecule has 1 N–H and O–H groups in total. The fourth-order valence-corrected chi connectivity index (χ4v) is 1.14. The van der Waals surface area contributed by atoms with Crippen LogP contribution in [0.1, 0.15) is 33.5 Å². The lowest BCUT2D eigenvalue weighted by Gasteiger charge is -2.22. The van der Waals surface area contributed by atoms with Gasteiger partial charge in [-0.2, -0.15) is 0 Å². The van der Waals surface area contributed by atoms with Crippen molar-refractivity contribution in [3.8, 4) is 0 Å². The van der Waals surface area contributed by atoms with Gasteiger partial charge < -0.3 is 9.15 Å². The maximum Gasteiger partial charge on any atom is 0.323 e. The van der Waals surface area contributed by atoms with Gasteiger partial charge >= 0.3 is 5.97 Å². The number of esters is 1. The van der Waals surface area contributed by atoms with Crippen molar-refractivity contribution in [1.82, 2.24) is 5.32 Å². The molecule has 0 bridgehead atoms. The Morgan fingerprint density at radius 1 is 1.56 bits per heavy atom. The lowest BCUT2D eigenvalue weighted by atomic mass is 10.2. The van der Waals surface area contributed by atoms with Crippen LogP contribution in [0.15, 0.2) is 22.8 Å². The highest BCUT2D eigenvalue weighted by Crippen LogP contribution is 2.08. The Balaban J connectivity index is 2.35. The van der Waals surface area contributed by atoms with Gasteiger partial charge in [0.25, 0.3) is 0 Å². The van der Waals surface area contributed by atoms with Crippen molar-refractivity contribution in [2.24, 2.45) is 0 Å². The lowest BCUT2D eigenvalue weighted by molar-refractivity contribution is -0.157. The van der Waals surface area contributed by atoms with E-state index in [1.165, 1.54) is 0 Å². The van der Waals surface area contributed by atoms with Gasteiger partial charge in [-0.05, 0) is 39.8 Å². The standard InChI is InChI=1S/C12H19NO3/c1-9(11(14)16-12(2,3)4)13-8-10-6-5-7-15-10/h5-7,9,13H,8H2,1-4H3/t9-/m0/s1. The van der Waals surface area contributed by atoms with Gasteiger partial charge in [0.1, 0.15) is 17.4 Å². The molecule has 0 aliphatic rings. The number of rotatable bonds is 4. The molecule has 0 radical (unpaired) electrons. The molecule has 0 spiro atoms. The highest BCUT2D eigenvalue weighted by atomic mass is 16.6. The van der Waals surface area contributed by atoms with Crippen LogP contribution in [-0.4, -0.2) is 17.6 Å². The number of ether oxygens (including phenoxy) is 1. The van der Waals surface area contributed by atoms with Gasteiger partial charge in [-0.15, -0.1) is 0 Å². The summed E-state index contributed by atoms with van der Waals surface area (Å²) in [5, 5.41) is 3.04. The molecular formula is C12H19NO3. The molecule has 90 valence electrons. The second-order valence-electron chi connectivity index (χ2n) is 4.72. The fourth-order valence-electron chi connectivity index (χ4n) is 1.14. The summed E-state index contributed by atoms with van der Waals surface area (Å²) in [7, 11) is 0. The van der Waals surface area contributed by atoms with Crippen LogP contribution in [0.5, 0.6) is 0 Å². The highest BCUT2D eigenvalue weighted by molar-refractivity contribution is 5.75. The molecule has 16 heavy (non-hydrogen) atoms. The molecule has 1 heterocycles. The molecule has 0 aromatic carbocycles. The number of nitrogens with one attached hydrogen (secondary N) is 1. The second kappa shape index (κ2) is 5.16. The first-order valence-corrected chi connectivity index (χ1v) is 5.37. The van der Waals surface area contributed by atoms with Crippen molar-refractivity contribution in [3.05, 3.63) is 24.2 Å². The van der Waals surface area contributed by atoms with Crippen LogP contribution < -0.4 is 5.32 Å². The smallest absolute Gasteiger partial charge is 0.323 e.